The van der Waals surface area contributed by atoms with Gasteiger partial charge in [0.25, 0.3) is 0 Å². The number of carbonyl (C=O) groups excluding carboxylic acids is 1. The Morgan fingerprint density at radius 3 is 2.75 bits per heavy atom. The van der Waals surface area contributed by atoms with Crippen LogP contribution in [0.15, 0.2) is 43.0 Å². The molecule has 3 rings (SSSR count). The summed E-state index contributed by atoms with van der Waals surface area (Å²) in [6.45, 7) is 10.3. The number of aliphatic hydroxyl groups is 1. The van der Waals surface area contributed by atoms with Crippen molar-refractivity contribution < 1.29 is 28.8 Å². The molecule has 0 radical (unpaired) electrons. The van der Waals surface area contributed by atoms with E-state index in [0.717, 1.165) is 30.6 Å². The molecule has 1 aliphatic rings. The predicted octanol–water partition coefficient (Wildman–Crippen LogP) is 4.90. The molecule has 32 heavy (non-hydrogen) atoms. The number of aliphatic hydroxyl groups excluding tert-OH is 1. The first-order valence-corrected chi connectivity index (χ1v) is 11.0. The molecule has 0 aliphatic carbocycles. The standard InChI is InChI=1S/C26H32O6/c1-5-13-29-19-8-9-20(24(15-19)30-14-6-2)22(28)17-31-25-18(16-27)7-10-23-21(25)11-12-26(3,4)32-23/h6-10,15,27H,2,5,11-14,16-17H2,1,3-4H3. The number of rotatable bonds is 11. The smallest absolute Gasteiger partial charge is 0.203 e. The van der Waals surface area contributed by atoms with Crippen LogP contribution in [0.1, 0.15) is 55.1 Å². The van der Waals surface area contributed by atoms with Crippen molar-refractivity contribution in [1.29, 1.82) is 0 Å². The van der Waals surface area contributed by atoms with E-state index in [1.54, 1.807) is 30.3 Å². The van der Waals surface area contributed by atoms with Crippen LogP contribution in [0.4, 0.5) is 0 Å². The van der Waals surface area contributed by atoms with Gasteiger partial charge in [-0.15, -0.1) is 0 Å². The van der Waals surface area contributed by atoms with Gasteiger partial charge in [-0.25, -0.2) is 0 Å². The maximum atomic E-state index is 13.0. The average molecular weight is 441 g/mol. The Morgan fingerprint density at radius 1 is 1.22 bits per heavy atom. The van der Waals surface area contributed by atoms with Gasteiger partial charge in [0.2, 0.25) is 5.78 Å². The molecule has 0 atom stereocenters. The second-order valence-corrected chi connectivity index (χ2v) is 8.37. The molecule has 172 valence electrons. The summed E-state index contributed by atoms with van der Waals surface area (Å²) >= 11 is 0. The summed E-state index contributed by atoms with van der Waals surface area (Å²) in [6, 6.07) is 8.79. The third kappa shape index (κ3) is 5.62. The van der Waals surface area contributed by atoms with Crippen molar-refractivity contribution in [3.8, 4) is 23.0 Å². The van der Waals surface area contributed by atoms with E-state index in [2.05, 4.69) is 6.58 Å². The van der Waals surface area contributed by atoms with Gasteiger partial charge in [-0.3, -0.25) is 4.79 Å². The molecule has 0 spiro atoms. The highest BCUT2D eigenvalue weighted by molar-refractivity contribution is 6.00. The minimum absolute atomic E-state index is 0.183. The van der Waals surface area contributed by atoms with Crippen LogP contribution in [0.25, 0.3) is 0 Å². The lowest BCUT2D eigenvalue weighted by Gasteiger charge is -2.33. The van der Waals surface area contributed by atoms with Gasteiger partial charge in [0.05, 0.1) is 18.8 Å². The van der Waals surface area contributed by atoms with Crippen LogP contribution in [0.2, 0.25) is 0 Å². The van der Waals surface area contributed by atoms with Crippen molar-refractivity contribution in [3.05, 3.63) is 59.7 Å². The maximum absolute atomic E-state index is 13.0. The highest BCUT2D eigenvalue weighted by Crippen LogP contribution is 2.40. The van der Waals surface area contributed by atoms with E-state index in [0.29, 0.717) is 35.0 Å². The van der Waals surface area contributed by atoms with Gasteiger partial charge < -0.3 is 24.1 Å². The zero-order valence-electron chi connectivity index (χ0n) is 19.1. The Kier molecular flexibility index (Phi) is 7.80. The van der Waals surface area contributed by atoms with Crippen molar-refractivity contribution >= 4 is 5.78 Å². The van der Waals surface area contributed by atoms with Crippen LogP contribution < -0.4 is 18.9 Å². The number of Topliss-reactive ketones (excluding diaryl/α,β-unsaturated/α-hetero) is 1. The molecule has 0 fully saturated rings. The van der Waals surface area contributed by atoms with Crippen molar-refractivity contribution in [3.63, 3.8) is 0 Å². The van der Waals surface area contributed by atoms with Crippen molar-refractivity contribution in [1.82, 2.24) is 0 Å². The number of ketones is 1. The van der Waals surface area contributed by atoms with E-state index in [1.807, 2.05) is 26.8 Å². The molecule has 0 amide bonds. The summed E-state index contributed by atoms with van der Waals surface area (Å²) in [5.74, 6) is 2.08. The number of ether oxygens (including phenoxy) is 4. The molecule has 2 aromatic carbocycles. The number of hydrogen-bond donors (Lipinski definition) is 1. The lowest BCUT2D eigenvalue weighted by atomic mass is 9.92. The highest BCUT2D eigenvalue weighted by atomic mass is 16.5. The summed E-state index contributed by atoms with van der Waals surface area (Å²) in [7, 11) is 0. The van der Waals surface area contributed by atoms with Gasteiger partial charge >= 0.3 is 0 Å². The van der Waals surface area contributed by atoms with Crippen molar-refractivity contribution in [2.24, 2.45) is 0 Å². The molecule has 0 aromatic heterocycles. The molecule has 0 saturated heterocycles. The number of benzene rings is 2. The number of fused-ring (bicyclic) bond motifs is 1. The summed E-state index contributed by atoms with van der Waals surface area (Å²) in [6.07, 6.45) is 4.07. The predicted molar refractivity (Wildman–Crippen MR) is 123 cm³/mol. The molecular weight excluding hydrogens is 408 g/mol. The summed E-state index contributed by atoms with van der Waals surface area (Å²) in [5.41, 5.74) is 1.66. The van der Waals surface area contributed by atoms with E-state index < -0.39 is 0 Å². The molecule has 2 aromatic rings. The van der Waals surface area contributed by atoms with Crippen LogP contribution in [0.5, 0.6) is 23.0 Å². The number of carbonyl (C=O) groups is 1. The maximum Gasteiger partial charge on any atom is 0.203 e. The molecular formula is C26H32O6. The Balaban J connectivity index is 1.81. The minimum atomic E-state index is -0.264. The topological polar surface area (TPSA) is 74.2 Å². The lowest BCUT2D eigenvalue weighted by Crippen LogP contribution is -2.33. The third-order valence-corrected chi connectivity index (χ3v) is 5.26. The summed E-state index contributed by atoms with van der Waals surface area (Å²) in [4.78, 5) is 13.0. The van der Waals surface area contributed by atoms with Gasteiger partial charge in [0, 0.05) is 17.2 Å². The Morgan fingerprint density at radius 2 is 2.03 bits per heavy atom. The Labute approximate surface area is 189 Å². The molecule has 0 unspecified atom stereocenters. The molecule has 0 saturated carbocycles. The van der Waals surface area contributed by atoms with Gasteiger partial charge in [-0.05, 0) is 57.4 Å². The fourth-order valence-electron chi connectivity index (χ4n) is 3.60. The molecule has 0 bridgehead atoms. The van der Waals surface area contributed by atoms with E-state index in [-0.39, 0.29) is 31.2 Å². The van der Waals surface area contributed by atoms with Gasteiger partial charge in [0.15, 0.2) is 6.61 Å². The second kappa shape index (κ2) is 10.6. The van der Waals surface area contributed by atoms with Crippen LogP contribution in [0.3, 0.4) is 0 Å². The fraction of sp³-hybridized carbons (Fsp3) is 0.423. The van der Waals surface area contributed by atoms with E-state index >= 15 is 0 Å². The zero-order valence-corrected chi connectivity index (χ0v) is 19.1. The fourth-order valence-corrected chi connectivity index (χ4v) is 3.60. The Hall–Kier alpha value is -2.99. The highest BCUT2D eigenvalue weighted by Gasteiger charge is 2.30. The average Bonchev–Trinajstić information content (AvgIpc) is 2.78. The molecule has 1 heterocycles. The first-order chi connectivity index (χ1) is 15.4. The quantitative estimate of drug-likeness (QED) is 0.396. The van der Waals surface area contributed by atoms with Gasteiger partial charge in [-0.1, -0.05) is 19.6 Å². The molecule has 1 aliphatic heterocycles. The zero-order chi connectivity index (χ0) is 23.1. The largest absolute Gasteiger partial charge is 0.493 e. The first-order valence-electron chi connectivity index (χ1n) is 11.0. The number of hydrogen-bond acceptors (Lipinski definition) is 6. The molecule has 6 heteroatoms. The summed E-state index contributed by atoms with van der Waals surface area (Å²) in [5, 5.41) is 9.80. The van der Waals surface area contributed by atoms with Crippen LogP contribution in [0, 0.1) is 0 Å². The van der Waals surface area contributed by atoms with Crippen LogP contribution in [-0.4, -0.2) is 36.3 Å². The van der Waals surface area contributed by atoms with Crippen LogP contribution >= 0.6 is 0 Å². The first kappa shape index (κ1) is 23.7. The normalized spacial score (nSPS) is 14.1. The molecule has 6 nitrogen and oxygen atoms in total. The van der Waals surface area contributed by atoms with Crippen molar-refractivity contribution in [2.75, 3.05) is 19.8 Å². The third-order valence-electron chi connectivity index (χ3n) is 5.26. The monoisotopic (exact) mass is 440 g/mol. The van der Waals surface area contributed by atoms with Gasteiger partial charge in [-0.2, -0.15) is 0 Å². The van der Waals surface area contributed by atoms with E-state index in [4.69, 9.17) is 18.9 Å². The lowest BCUT2D eigenvalue weighted by molar-refractivity contribution is 0.0813. The van der Waals surface area contributed by atoms with E-state index in [1.165, 1.54) is 0 Å². The van der Waals surface area contributed by atoms with Gasteiger partial charge in [0.1, 0.15) is 35.2 Å². The van der Waals surface area contributed by atoms with E-state index in [9.17, 15) is 9.90 Å². The second-order valence-electron chi connectivity index (χ2n) is 8.37. The molecule has 1 N–H and O–H groups in total. The minimum Gasteiger partial charge on any atom is -0.493 e. The Bertz CT molecular complexity index is 963. The summed E-state index contributed by atoms with van der Waals surface area (Å²) < 4.78 is 23.4. The SMILES string of the molecule is C=CCOc1cc(OCCC)ccc1C(=O)COc1c(CO)ccc2c1CCC(C)(C)O2. The van der Waals surface area contributed by atoms with Crippen LogP contribution in [-0.2, 0) is 13.0 Å². The van der Waals surface area contributed by atoms with Crippen molar-refractivity contribution in [2.45, 2.75) is 52.2 Å².